The summed E-state index contributed by atoms with van der Waals surface area (Å²) in [5.74, 6) is 0.530. The first-order valence-corrected chi connectivity index (χ1v) is 11.9. The van der Waals surface area contributed by atoms with Gasteiger partial charge in [0.25, 0.3) is 0 Å². The smallest absolute Gasteiger partial charge is 0.410 e. The fraction of sp³-hybridized carbons (Fsp3) is 0.550. The third-order valence-electron chi connectivity index (χ3n) is 5.66. The Labute approximate surface area is 177 Å². The number of nitrogens with zero attached hydrogens (tertiary/aromatic N) is 2. The Hall–Kier alpha value is -0.890. The number of carbonyl (C=O) groups is 1. The summed E-state index contributed by atoms with van der Waals surface area (Å²) in [5.41, 5.74) is 1.24. The van der Waals surface area contributed by atoms with Crippen LogP contribution in [0, 0.1) is 19.8 Å². The fourth-order valence-corrected chi connectivity index (χ4v) is 6.49. The molecular formula is C20H25BrN2O2S2. The van der Waals surface area contributed by atoms with E-state index in [1.54, 1.807) is 22.7 Å². The largest absolute Gasteiger partial charge is 0.444 e. The van der Waals surface area contributed by atoms with Gasteiger partial charge in [0.2, 0.25) is 0 Å². The molecule has 146 valence electrons. The highest BCUT2D eigenvalue weighted by Gasteiger charge is 2.37. The molecule has 3 fully saturated rings. The number of piperidine rings is 3. The number of thiophene rings is 2. The van der Waals surface area contributed by atoms with Crippen LogP contribution in [0.25, 0.3) is 0 Å². The molecule has 3 aliphatic rings. The van der Waals surface area contributed by atoms with Crippen LogP contribution in [0.1, 0.15) is 33.0 Å². The molecule has 1 amide bonds. The molecule has 2 bridgehead atoms. The van der Waals surface area contributed by atoms with Crippen LogP contribution in [0.4, 0.5) is 4.79 Å². The maximum atomic E-state index is 13.1. The van der Waals surface area contributed by atoms with Gasteiger partial charge in [-0.15, -0.1) is 22.7 Å². The molecular weight excluding hydrogens is 444 g/mol. The van der Waals surface area contributed by atoms with Crippen molar-refractivity contribution in [2.45, 2.75) is 45.9 Å². The predicted molar refractivity (Wildman–Crippen MR) is 114 cm³/mol. The van der Waals surface area contributed by atoms with E-state index >= 15 is 0 Å². The molecule has 0 aliphatic carbocycles. The molecule has 0 unspecified atom stereocenters. The van der Waals surface area contributed by atoms with Crippen molar-refractivity contribution in [1.82, 2.24) is 9.80 Å². The predicted octanol–water partition coefficient (Wildman–Crippen LogP) is 5.42. The van der Waals surface area contributed by atoms with E-state index in [4.69, 9.17) is 4.74 Å². The molecule has 0 aromatic carbocycles. The third kappa shape index (κ3) is 4.42. The average Bonchev–Trinajstić information content (AvgIpc) is 3.20. The van der Waals surface area contributed by atoms with Crippen molar-refractivity contribution in [3.05, 3.63) is 42.2 Å². The normalized spacial score (nSPS) is 24.2. The molecule has 7 heteroatoms. The number of amides is 1. The number of aryl methyl sites for hydroxylation is 2. The van der Waals surface area contributed by atoms with Crippen LogP contribution in [0.3, 0.4) is 0 Å². The van der Waals surface area contributed by atoms with Gasteiger partial charge in [-0.25, -0.2) is 4.79 Å². The molecule has 2 aromatic heterocycles. The number of rotatable bonds is 5. The zero-order valence-electron chi connectivity index (χ0n) is 15.7. The van der Waals surface area contributed by atoms with Crippen molar-refractivity contribution in [2.24, 2.45) is 5.92 Å². The highest BCUT2D eigenvalue weighted by molar-refractivity contribution is 9.10. The number of carbonyl (C=O) groups excluding carboxylic acids is 1. The van der Waals surface area contributed by atoms with E-state index < -0.39 is 0 Å². The van der Waals surface area contributed by atoms with Crippen molar-refractivity contribution in [1.29, 1.82) is 0 Å². The van der Waals surface area contributed by atoms with Gasteiger partial charge in [0.05, 0.1) is 13.1 Å². The van der Waals surface area contributed by atoms with Crippen molar-refractivity contribution < 1.29 is 9.53 Å². The van der Waals surface area contributed by atoms with Crippen LogP contribution in [0.5, 0.6) is 0 Å². The zero-order valence-corrected chi connectivity index (χ0v) is 19.0. The van der Waals surface area contributed by atoms with E-state index in [2.05, 4.69) is 52.2 Å². The number of fused-ring (bicyclic) bond motifs is 3. The van der Waals surface area contributed by atoms with E-state index in [9.17, 15) is 4.79 Å². The van der Waals surface area contributed by atoms with Crippen LogP contribution >= 0.6 is 38.6 Å². The monoisotopic (exact) mass is 468 g/mol. The van der Waals surface area contributed by atoms with Crippen LogP contribution in [-0.4, -0.2) is 41.6 Å². The Morgan fingerprint density at radius 3 is 2.67 bits per heavy atom. The molecule has 0 saturated carbocycles. The average molecular weight is 469 g/mol. The summed E-state index contributed by atoms with van der Waals surface area (Å²) in [5, 5.41) is 2.09. The number of halogens is 1. The first-order chi connectivity index (χ1) is 13.0. The second-order valence-electron chi connectivity index (χ2n) is 7.56. The summed E-state index contributed by atoms with van der Waals surface area (Å²) in [6, 6.07) is 4.23. The second kappa shape index (κ2) is 8.23. The van der Waals surface area contributed by atoms with E-state index in [0.717, 1.165) is 36.9 Å². The number of ether oxygens (including phenoxy) is 1. The van der Waals surface area contributed by atoms with E-state index in [1.165, 1.54) is 20.2 Å². The van der Waals surface area contributed by atoms with Gasteiger partial charge in [0.15, 0.2) is 0 Å². The van der Waals surface area contributed by atoms with Gasteiger partial charge in [0, 0.05) is 25.6 Å². The lowest BCUT2D eigenvalue weighted by Crippen LogP contribution is -2.52. The Kier molecular flexibility index (Phi) is 5.92. The minimum Gasteiger partial charge on any atom is -0.444 e. The van der Waals surface area contributed by atoms with Crippen molar-refractivity contribution >= 4 is 44.7 Å². The lowest BCUT2D eigenvalue weighted by atomic mass is 9.86. The van der Waals surface area contributed by atoms with Gasteiger partial charge >= 0.3 is 6.09 Å². The van der Waals surface area contributed by atoms with Crippen LogP contribution < -0.4 is 0 Å². The number of hydrogen-bond acceptors (Lipinski definition) is 5. The molecule has 5 heterocycles. The van der Waals surface area contributed by atoms with Gasteiger partial charge in [-0.2, -0.15) is 0 Å². The van der Waals surface area contributed by atoms with Crippen LogP contribution in [0.2, 0.25) is 0 Å². The molecule has 27 heavy (non-hydrogen) atoms. The zero-order chi connectivity index (χ0) is 19.0. The maximum absolute atomic E-state index is 13.1. The highest BCUT2D eigenvalue weighted by atomic mass is 79.9. The Bertz CT molecular complexity index is 791. The van der Waals surface area contributed by atoms with Gasteiger partial charge in [-0.05, 0) is 84.7 Å². The summed E-state index contributed by atoms with van der Waals surface area (Å²) >= 11 is 7.03. The molecule has 0 radical (unpaired) electrons. The topological polar surface area (TPSA) is 32.8 Å². The van der Waals surface area contributed by atoms with Gasteiger partial charge < -0.3 is 4.74 Å². The maximum Gasteiger partial charge on any atom is 0.410 e. The van der Waals surface area contributed by atoms with E-state index in [-0.39, 0.29) is 12.2 Å². The third-order valence-corrected chi connectivity index (χ3v) is 8.79. The summed E-state index contributed by atoms with van der Waals surface area (Å²) in [7, 11) is 0. The molecule has 1 atom stereocenters. The minimum absolute atomic E-state index is 0.0451. The first-order valence-electron chi connectivity index (χ1n) is 9.45. The Balaban J connectivity index is 1.49. The SMILES string of the molecule is Cc1ccsc1CN(Cc1cc(Br)c(C)s1)C(=O)O[C@H]1CN2CCC1CC2. The second-order valence-corrected chi connectivity index (χ2v) is 10.8. The van der Waals surface area contributed by atoms with Gasteiger partial charge in [0.1, 0.15) is 6.10 Å². The Morgan fingerprint density at radius 1 is 1.33 bits per heavy atom. The highest BCUT2D eigenvalue weighted by Crippen LogP contribution is 2.32. The minimum atomic E-state index is -0.177. The van der Waals surface area contributed by atoms with Crippen molar-refractivity contribution in [3.8, 4) is 0 Å². The quantitative estimate of drug-likeness (QED) is 0.586. The van der Waals surface area contributed by atoms with Gasteiger partial charge in [-0.1, -0.05) is 0 Å². The van der Waals surface area contributed by atoms with Gasteiger partial charge in [-0.3, -0.25) is 9.80 Å². The number of hydrogen-bond donors (Lipinski definition) is 0. The molecule has 3 saturated heterocycles. The lowest BCUT2D eigenvalue weighted by molar-refractivity contribution is -0.0448. The molecule has 4 nitrogen and oxygen atoms in total. The standard InChI is InChI=1S/C20H25BrN2O2S2/c1-13-5-8-26-19(13)12-23(10-16-9-17(21)14(2)27-16)20(24)25-18-11-22-6-3-15(18)4-7-22/h5,8-9,15,18H,3-4,6-7,10-12H2,1-2H3/t18-/m0/s1. The first kappa shape index (κ1) is 19.4. The van der Waals surface area contributed by atoms with Crippen LogP contribution in [0.15, 0.2) is 22.0 Å². The van der Waals surface area contributed by atoms with Crippen molar-refractivity contribution in [3.63, 3.8) is 0 Å². The van der Waals surface area contributed by atoms with Crippen LogP contribution in [-0.2, 0) is 17.8 Å². The molecule has 5 rings (SSSR count). The summed E-state index contributed by atoms with van der Waals surface area (Å²) < 4.78 is 7.14. The molecule has 2 aromatic rings. The summed E-state index contributed by atoms with van der Waals surface area (Å²) in [6.07, 6.45) is 2.17. The van der Waals surface area contributed by atoms with E-state index in [1.807, 2.05) is 4.90 Å². The molecule has 0 spiro atoms. The summed E-state index contributed by atoms with van der Waals surface area (Å²) in [6.45, 7) is 8.60. The van der Waals surface area contributed by atoms with Crippen molar-refractivity contribution in [2.75, 3.05) is 19.6 Å². The fourth-order valence-electron chi connectivity index (χ4n) is 3.96. The van der Waals surface area contributed by atoms with E-state index in [0.29, 0.717) is 19.0 Å². The summed E-state index contributed by atoms with van der Waals surface area (Å²) in [4.78, 5) is 21.0. The molecule has 3 aliphatic heterocycles. The Morgan fingerprint density at radius 2 is 2.11 bits per heavy atom. The molecule has 0 N–H and O–H groups in total. The lowest BCUT2D eigenvalue weighted by Gasteiger charge is -2.44.